The van der Waals surface area contributed by atoms with Crippen molar-refractivity contribution in [1.82, 2.24) is 19.7 Å². The van der Waals surface area contributed by atoms with Gasteiger partial charge in [-0.3, -0.25) is 0 Å². The first-order chi connectivity index (χ1) is 9.19. The average Bonchev–Trinajstić information content (AvgIpc) is 3.04. The van der Waals surface area contributed by atoms with Gasteiger partial charge in [0.2, 0.25) is 0 Å². The molecule has 0 saturated heterocycles. The molecule has 7 nitrogen and oxygen atoms in total. The molecule has 0 unspecified atom stereocenters. The van der Waals surface area contributed by atoms with Crippen LogP contribution in [0.3, 0.4) is 0 Å². The Labute approximate surface area is 113 Å². The summed E-state index contributed by atoms with van der Waals surface area (Å²) in [6.45, 7) is 4.13. The van der Waals surface area contributed by atoms with Gasteiger partial charge in [-0.1, -0.05) is 18.3 Å². The summed E-state index contributed by atoms with van der Waals surface area (Å²) in [6.07, 6.45) is 2.34. The normalized spacial score (nSPS) is 14.5. The molecule has 0 radical (unpaired) electrons. The number of hydrogen-bond acceptors (Lipinski definition) is 6. The Bertz CT molecular complexity index is 620. The molecule has 0 bridgehead atoms. The Hall–Kier alpha value is -1.96. The Morgan fingerprint density at radius 3 is 3.05 bits per heavy atom. The summed E-state index contributed by atoms with van der Waals surface area (Å²) in [6, 6.07) is 0. The zero-order valence-corrected chi connectivity index (χ0v) is 11.2. The maximum atomic E-state index is 11.2. The monoisotopic (exact) mass is 279 g/mol. The quantitative estimate of drug-likeness (QED) is 0.903. The van der Waals surface area contributed by atoms with Crippen molar-refractivity contribution in [1.29, 1.82) is 0 Å². The summed E-state index contributed by atoms with van der Waals surface area (Å²) in [5, 5.41) is 17.8. The summed E-state index contributed by atoms with van der Waals surface area (Å²) in [5.41, 5.74) is 0.652. The first-order valence-electron chi connectivity index (χ1n) is 6.03. The molecule has 0 spiro atoms. The van der Waals surface area contributed by atoms with E-state index in [4.69, 9.17) is 5.11 Å². The van der Waals surface area contributed by atoms with E-state index in [-0.39, 0.29) is 0 Å². The molecule has 100 valence electrons. The van der Waals surface area contributed by atoms with Crippen molar-refractivity contribution in [3.8, 4) is 0 Å². The van der Waals surface area contributed by atoms with Crippen molar-refractivity contribution < 1.29 is 9.90 Å². The summed E-state index contributed by atoms with van der Waals surface area (Å²) in [5.74, 6) is -0.0165. The summed E-state index contributed by atoms with van der Waals surface area (Å²) < 4.78 is 2.00. The predicted octanol–water partition coefficient (Wildman–Crippen LogP) is 1.02. The molecule has 0 aromatic carbocycles. The highest BCUT2D eigenvalue weighted by atomic mass is 32.1. The molecule has 1 aliphatic heterocycles. The molecule has 0 aliphatic carbocycles. The Morgan fingerprint density at radius 2 is 2.37 bits per heavy atom. The molecule has 1 N–H and O–H groups in total. The van der Waals surface area contributed by atoms with Crippen LogP contribution in [0.25, 0.3) is 0 Å². The largest absolute Gasteiger partial charge is 0.477 e. The molecule has 0 atom stereocenters. The lowest BCUT2D eigenvalue weighted by Gasteiger charge is -2.26. The number of aromatic carboxylic acids is 1. The number of aromatic nitrogens is 4. The van der Waals surface area contributed by atoms with Crippen LogP contribution in [0.1, 0.15) is 28.1 Å². The van der Waals surface area contributed by atoms with Gasteiger partial charge in [0.15, 0.2) is 11.0 Å². The van der Waals surface area contributed by atoms with Crippen LogP contribution < -0.4 is 4.90 Å². The van der Waals surface area contributed by atoms with Gasteiger partial charge in [0.05, 0.1) is 12.2 Å². The van der Waals surface area contributed by atoms with Gasteiger partial charge in [-0.15, -0.1) is 10.2 Å². The molecular formula is C11H13N5O2S. The highest BCUT2D eigenvalue weighted by Gasteiger charge is 2.23. The zero-order chi connectivity index (χ0) is 13.4. The maximum absolute atomic E-state index is 11.2. The van der Waals surface area contributed by atoms with E-state index in [0.29, 0.717) is 23.5 Å². The molecule has 0 fully saturated rings. The second-order valence-electron chi connectivity index (χ2n) is 4.29. The number of rotatable bonds is 3. The maximum Gasteiger partial charge on any atom is 0.347 e. The van der Waals surface area contributed by atoms with Crippen LogP contribution in [0, 0.1) is 0 Å². The van der Waals surface area contributed by atoms with E-state index in [1.54, 1.807) is 6.33 Å². The Balaban J connectivity index is 1.89. The van der Waals surface area contributed by atoms with Crippen LogP contribution in [0.5, 0.6) is 0 Å². The third-order valence-corrected chi connectivity index (χ3v) is 4.27. The van der Waals surface area contributed by atoms with E-state index in [1.165, 1.54) is 11.3 Å². The van der Waals surface area contributed by atoms with E-state index >= 15 is 0 Å². The number of anilines is 1. The van der Waals surface area contributed by atoms with Gasteiger partial charge in [0.1, 0.15) is 11.2 Å². The van der Waals surface area contributed by atoms with Gasteiger partial charge < -0.3 is 14.6 Å². The van der Waals surface area contributed by atoms with Crippen LogP contribution in [-0.2, 0) is 19.5 Å². The zero-order valence-electron chi connectivity index (χ0n) is 10.4. The lowest BCUT2D eigenvalue weighted by atomic mass is 10.3. The van der Waals surface area contributed by atoms with Gasteiger partial charge in [0, 0.05) is 13.1 Å². The minimum absolute atomic E-state index is 0.338. The highest BCUT2D eigenvalue weighted by Crippen LogP contribution is 2.29. The number of aryl methyl sites for hydroxylation is 1. The lowest BCUT2D eigenvalue weighted by Crippen LogP contribution is -2.33. The standard InChI is InChI=1S/C11H13N5O2S/c1-2-7-9(10(17)18)19-11(13-7)15-3-4-16-6-12-14-8(16)5-15/h6H,2-5H2,1H3,(H,17,18). The summed E-state index contributed by atoms with van der Waals surface area (Å²) >= 11 is 1.23. The first-order valence-corrected chi connectivity index (χ1v) is 6.85. The minimum Gasteiger partial charge on any atom is -0.477 e. The van der Waals surface area contributed by atoms with Gasteiger partial charge in [-0.25, -0.2) is 9.78 Å². The summed E-state index contributed by atoms with van der Waals surface area (Å²) in [7, 11) is 0. The number of thiazole rings is 1. The molecule has 2 aromatic rings. The minimum atomic E-state index is -0.902. The molecule has 2 aromatic heterocycles. The van der Waals surface area contributed by atoms with E-state index in [0.717, 1.165) is 24.0 Å². The Kier molecular flexibility index (Phi) is 2.94. The number of fused-ring (bicyclic) bond motifs is 1. The summed E-state index contributed by atoms with van der Waals surface area (Å²) in [4.78, 5) is 18.0. The molecule has 0 amide bonds. The molecule has 1 aliphatic rings. The second-order valence-corrected chi connectivity index (χ2v) is 5.27. The molecule has 19 heavy (non-hydrogen) atoms. The van der Waals surface area contributed by atoms with Crippen molar-refractivity contribution in [2.75, 3.05) is 11.4 Å². The van der Waals surface area contributed by atoms with Gasteiger partial charge in [0.25, 0.3) is 0 Å². The van der Waals surface area contributed by atoms with E-state index in [2.05, 4.69) is 20.1 Å². The van der Waals surface area contributed by atoms with E-state index in [9.17, 15) is 4.79 Å². The van der Waals surface area contributed by atoms with Gasteiger partial charge in [-0.05, 0) is 6.42 Å². The van der Waals surface area contributed by atoms with Crippen molar-refractivity contribution in [2.45, 2.75) is 26.4 Å². The van der Waals surface area contributed by atoms with Crippen molar-refractivity contribution in [2.24, 2.45) is 0 Å². The first kappa shape index (κ1) is 12.1. The van der Waals surface area contributed by atoms with Crippen LogP contribution in [0.15, 0.2) is 6.33 Å². The number of carbonyl (C=O) groups is 1. The van der Waals surface area contributed by atoms with Gasteiger partial charge >= 0.3 is 5.97 Å². The SMILES string of the molecule is CCc1nc(N2CCn3cnnc3C2)sc1C(=O)O. The number of carboxylic acid groups (broad SMARTS) is 1. The topological polar surface area (TPSA) is 84.1 Å². The molecule has 3 heterocycles. The molecule has 0 saturated carbocycles. The van der Waals surface area contributed by atoms with Crippen LogP contribution in [0.4, 0.5) is 5.13 Å². The third-order valence-electron chi connectivity index (χ3n) is 3.12. The highest BCUT2D eigenvalue weighted by molar-refractivity contribution is 7.17. The van der Waals surface area contributed by atoms with Crippen LogP contribution in [0.2, 0.25) is 0 Å². The molecule has 8 heteroatoms. The second kappa shape index (κ2) is 4.61. The molecule has 3 rings (SSSR count). The number of nitrogens with zero attached hydrogens (tertiary/aromatic N) is 5. The third kappa shape index (κ3) is 2.07. The number of carboxylic acids is 1. The van der Waals surface area contributed by atoms with Crippen LogP contribution >= 0.6 is 11.3 Å². The lowest BCUT2D eigenvalue weighted by molar-refractivity contribution is 0.0701. The number of hydrogen-bond donors (Lipinski definition) is 1. The van der Waals surface area contributed by atoms with E-state index in [1.807, 2.05) is 11.5 Å². The van der Waals surface area contributed by atoms with E-state index < -0.39 is 5.97 Å². The smallest absolute Gasteiger partial charge is 0.347 e. The fraction of sp³-hybridized carbons (Fsp3) is 0.455. The van der Waals surface area contributed by atoms with Crippen molar-refractivity contribution >= 4 is 22.4 Å². The fourth-order valence-electron chi connectivity index (χ4n) is 2.11. The van der Waals surface area contributed by atoms with Crippen molar-refractivity contribution in [3.05, 3.63) is 22.7 Å². The fourth-order valence-corrected chi connectivity index (χ4v) is 3.13. The van der Waals surface area contributed by atoms with Crippen LogP contribution in [-0.4, -0.2) is 37.4 Å². The van der Waals surface area contributed by atoms with Gasteiger partial charge in [-0.2, -0.15) is 0 Å². The average molecular weight is 279 g/mol. The van der Waals surface area contributed by atoms with Crippen molar-refractivity contribution in [3.63, 3.8) is 0 Å². The predicted molar refractivity (Wildman–Crippen MR) is 69.5 cm³/mol. The molecular weight excluding hydrogens is 266 g/mol. The Morgan fingerprint density at radius 1 is 1.53 bits per heavy atom.